The van der Waals surface area contributed by atoms with Crippen LogP contribution in [0.25, 0.3) is 43.1 Å². The second kappa shape index (κ2) is 8.36. The summed E-state index contributed by atoms with van der Waals surface area (Å²) in [7, 11) is 0. The van der Waals surface area contributed by atoms with Crippen LogP contribution in [0.1, 0.15) is 5.56 Å². The highest BCUT2D eigenvalue weighted by atomic mass is 15.1. The van der Waals surface area contributed by atoms with E-state index in [1.807, 2.05) is 84.9 Å². The van der Waals surface area contributed by atoms with E-state index in [1.54, 1.807) is 6.07 Å². The van der Waals surface area contributed by atoms with E-state index in [1.165, 1.54) is 0 Å². The Morgan fingerprint density at radius 3 is 1.26 bits per heavy atom. The third-order valence-electron chi connectivity index (χ3n) is 7.83. The minimum Gasteiger partial charge on any atom is -0.324 e. The molecule has 0 saturated carbocycles. The summed E-state index contributed by atoms with van der Waals surface area (Å²) in [4.78, 5) is 34.0. The van der Waals surface area contributed by atoms with Crippen molar-refractivity contribution in [1.29, 1.82) is 5.26 Å². The van der Waals surface area contributed by atoms with Gasteiger partial charge in [0.1, 0.15) is 45.2 Å². The topological polar surface area (TPSA) is 136 Å². The highest BCUT2D eigenvalue weighted by Crippen LogP contribution is 2.36. The number of hydrogen-bond acceptors (Lipinski definition) is 5. The SMILES string of the molecule is N#Cc1cccc2c3[nH]c(c12)N=c1[nH]c(c2ccccc12)=Nc1[nH]c(c2ccccc12)N=c1[nH]c(c2ccccc12)=N3. The molecule has 9 nitrogen and oxygen atoms in total. The lowest BCUT2D eigenvalue weighted by molar-refractivity contribution is 1.08. The molecule has 0 radical (unpaired) electrons. The van der Waals surface area contributed by atoms with Crippen LogP contribution in [0.5, 0.6) is 0 Å². The molecule has 0 spiro atoms. The standard InChI is InChI=1S/C33H19N9/c34-16-17-8-7-15-24-25(17)33-41-31-23-14-6-5-13-22(23)29(39-31)37-27-19-10-2-1-9-18(19)26(35-27)36-28-20-11-3-4-12-21(20)30(38-28)40-32(24)42-33/h1-15H,(H4,35,36,37,38,39,40,41,42). The molecule has 1 aliphatic rings. The fraction of sp³-hybridized carbons (Fsp3) is 0. The molecule has 0 fully saturated rings. The molecule has 0 atom stereocenters. The van der Waals surface area contributed by atoms with Crippen LogP contribution in [0.15, 0.2) is 111 Å². The highest BCUT2D eigenvalue weighted by Gasteiger charge is 2.16. The lowest BCUT2D eigenvalue weighted by atomic mass is 10.1. The van der Waals surface area contributed by atoms with Crippen LogP contribution in [0.2, 0.25) is 0 Å². The largest absolute Gasteiger partial charge is 0.324 e. The first kappa shape index (κ1) is 22.5. The fourth-order valence-corrected chi connectivity index (χ4v) is 5.92. The predicted octanol–water partition coefficient (Wildman–Crippen LogP) is 5.60. The van der Waals surface area contributed by atoms with Gasteiger partial charge in [-0.15, -0.1) is 0 Å². The van der Waals surface area contributed by atoms with Crippen LogP contribution in [-0.4, -0.2) is 19.9 Å². The highest BCUT2D eigenvalue weighted by molar-refractivity contribution is 6.03. The van der Waals surface area contributed by atoms with E-state index in [0.29, 0.717) is 56.2 Å². The van der Waals surface area contributed by atoms with E-state index in [2.05, 4.69) is 26.0 Å². The molecule has 196 valence electrons. The molecular formula is C33H19N9. The van der Waals surface area contributed by atoms with Crippen molar-refractivity contribution in [2.24, 2.45) is 20.0 Å². The van der Waals surface area contributed by atoms with Gasteiger partial charge in [0.25, 0.3) is 0 Å². The molecule has 0 aliphatic carbocycles. The average Bonchev–Trinajstić information content (AvgIpc) is 3.76. The summed E-state index contributed by atoms with van der Waals surface area (Å²) in [5, 5.41) is 17.1. The van der Waals surface area contributed by atoms with Crippen molar-refractivity contribution in [3.8, 4) is 6.07 Å². The maximum absolute atomic E-state index is 10.0. The first-order chi connectivity index (χ1) is 20.7. The number of nitrogens with one attached hydrogen (secondary N) is 4. The van der Waals surface area contributed by atoms with E-state index in [-0.39, 0.29) is 0 Å². The third kappa shape index (κ3) is 3.17. The maximum Gasteiger partial charge on any atom is 0.143 e. The predicted molar refractivity (Wildman–Crippen MR) is 161 cm³/mol. The zero-order chi connectivity index (χ0) is 27.8. The summed E-state index contributed by atoms with van der Waals surface area (Å²) in [5.74, 6) is 2.52. The Hall–Kier alpha value is -6.27. The van der Waals surface area contributed by atoms with Crippen molar-refractivity contribution in [2.75, 3.05) is 0 Å². The number of fused-ring (bicyclic) bond motifs is 20. The Morgan fingerprint density at radius 1 is 0.405 bits per heavy atom. The van der Waals surface area contributed by atoms with E-state index in [0.717, 1.165) is 37.7 Å². The molecule has 4 aromatic heterocycles. The Labute approximate surface area is 235 Å². The van der Waals surface area contributed by atoms with Crippen LogP contribution in [-0.2, 0) is 0 Å². The van der Waals surface area contributed by atoms with Crippen molar-refractivity contribution < 1.29 is 0 Å². The molecule has 0 unspecified atom stereocenters. The number of benzene rings is 4. The molecule has 9 rings (SSSR count). The lowest BCUT2D eigenvalue weighted by Crippen LogP contribution is -2.10. The Kier molecular flexibility index (Phi) is 4.49. The molecule has 0 saturated heterocycles. The summed E-state index contributed by atoms with van der Waals surface area (Å²) in [6.07, 6.45) is 0. The molecule has 4 aromatic carbocycles. The first-order valence-electron chi connectivity index (χ1n) is 13.5. The van der Waals surface area contributed by atoms with Gasteiger partial charge in [-0.25, -0.2) is 20.0 Å². The maximum atomic E-state index is 10.0. The summed E-state index contributed by atoms with van der Waals surface area (Å²) in [6, 6.07) is 32.0. The smallest absolute Gasteiger partial charge is 0.143 e. The third-order valence-corrected chi connectivity index (χ3v) is 7.83. The van der Waals surface area contributed by atoms with Gasteiger partial charge in [0.2, 0.25) is 0 Å². The van der Waals surface area contributed by atoms with E-state index < -0.39 is 0 Å². The van der Waals surface area contributed by atoms with Crippen molar-refractivity contribution in [3.05, 3.63) is 119 Å². The molecule has 42 heavy (non-hydrogen) atoms. The van der Waals surface area contributed by atoms with Gasteiger partial charge in [0, 0.05) is 43.1 Å². The Bertz CT molecular complexity index is 2700. The second-order valence-corrected chi connectivity index (χ2v) is 10.2. The Morgan fingerprint density at radius 2 is 0.786 bits per heavy atom. The summed E-state index contributed by atoms with van der Waals surface area (Å²) >= 11 is 0. The van der Waals surface area contributed by atoms with Gasteiger partial charge in [-0.2, -0.15) is 5.26 Å². The second-order valence-electron chi connectivity index (χ2n) is 10.2. The van der Waals surface area contributed by atoms with Crippen molar-refractivity contribution in [2.45, 2.75) is 0 Å². The minimum atomic E-state index is 0.514. The van der Waals surface area contributed by atoms with Crippen LogP contribution in [0.4, 0.5) is 23.3 Å². The molecule has 8 bridgehead atoms. The number of aromatic nitrogens is 4. The summed E-state index contributed by atoms with van der Waals surface area (Å²) in [6.45, 7) is 0. The molecule has 5 heterocycles. The van der Waals surface area contributed by atoms with Crippen molar-refractivity contribution >= 4 is 66.4 Å². The summed E-state index contributed by atoms with van der Waals surface area (Å²) < 4.78 is 0. The number of aromatic amines is 4. The quantitative estimate of drug-likeness (QED) is 0.195. The van der Waals surface area contributed by atoms with Gasteiger partial charge in [0.15, 0.2) is 0 Å². The fourth-order valence-electron chi connectivity index (χ4n) is 5.92. The van der Waals surface area contributed by atoms with Crippen molar-refractivity contribution in [3.63, 3.8) is 0 Å². The van der Waals surface area contributed by atoms with Gasteiger partial charge >= 0.3 is 0 Å². The van der Waals surface area contributed by atoms with Gasteiger partial charge in [-0.1, -0.05) is 84.9 Å². The van der Waals surface area contributed by atoms with Gasteiger partial charge in [-0.3, -0.25) is 0 Å². The average molecular weight is 542 g/mol. The molecule has 9 heteroatoms. The molecule has 0 amide bonds. The monoisotopic (exact) mass is 541 g/mol. The zero-order valence-electron chi connectivity index (χ0n) is 21.9. The van der Waals surface area contributed by atoms with Crippen molar-refractivity contribution in [1.82, 2.24) is 19.9 Å². The zero-order valence-corrected chi connectivity index (χ0v) is 21.9. The lowest BCUT2D eigenvalue weighted by Gasteiger charge is -1.95. The Balaban J connectivity index is 1.52. The number of rotatable bonds is 0. The molecule has 4 N–H and O–H groups in total. The molecular weight excluding hydrogens is 522 g/mol. The van der Waals surface area contributed by atoms with E-state index in [4.69, 9.17) is 20.0 Å². The number of nitrogens with zero attached hydrogens (tertiary/aromatic N) is 5. The van der Waals surface area contributed by atoms with Crippen LogP contribution in [0, 0.1) is 11.3 Å². The van der Waals surface area contributed by atoms with E-state index in [9.17, 15) is 5.26 Å². The molecule has 1 aliphatic heterocycles. The number of nitriles is 1. The molecule has 8 aromatic rings. The normalized spacial score (nSPS) is 12.5. The van der Waals surface area contributed by atoms with Gasteiger partial charge in [0.05, 0.1) is 11.6 Å². The van der Waals surface area contributed by atoms with Crippen LogP contribution in [0.3, 0.4) is 0 Å². The van der Waals surface area contributed by atoms with Gasteiger partial charge < -0.3 is 19.9 Å². The van der Waals surface area contributed by atoms with Gasteiger partial charge in [-0.05, 0) is 6.07 Å². The van der Waals surface area contributed by atoms with E-state index >= 15 is 0 Å². The first-order valence-corrected chi connectivity index (χ1v) is 13.5. The van der Waals surface area contributed by atoms with Crippen LogP contribution >= 0.6 is 0 Å². The summed E-state index contributed by atoms with van der Waals surface area (Å²) in [5.41, 5.74) is 3.15. The number of H-pyrrole nitrogens is 4. The van der Waals surface area contributed by atoms with Crippen LogP contribution < -0.4 is 22.0 Å². The minimum absolute atomic E-state index is 0.514. The number of hydrogen-bond donors (Lipinski definition) is 4.